The number of methoxy groups -OCH3 is 2. The molecule has 3 N–H and O–H groups in total. The molecule has 13 nitrogen and oxygen atoms in total. The molecule has 2 aromatic heterocycles. The van der Waals surface area contributed by atoms with Crippen LogP contribution >= 0.6 is 23.2 Å². The number of imide groups is 1. The van der Waals surface area contributed by atoms with Crippen molar-refractivity contribution in [2.75, 3.05) is 27.3 Å². The standard InChI is InChI=1S/C37H38Cl2N8O5/c1-51-33-26(12-3-7-21-13-14-30(48)42-21)40-17-27(43-33)24-10-4-8-22(31(24)38)23-9-5-11-25(32(23)39)28-18-41-29(34(44-28)52-2)19-47-16-6-15-37(20-47)35(49)45-36(50)46-37/h4-5,8-11,17-18,21H,3,6-7,12-16,19-20H2,1-2H3,(H,42,48)(H2,45,46,49,50)/t21-,37?/m1/s1. The first kappa shape index (κ1) is 35.5. The minimum atomic E-state index is -0.943. The van der Waals surface area contributed by atoms with Crippen LogP contribution in [-0.2, 0) is 22.6 Å². The summed E-state index contributed by atoms with van der Waals surface area (Å²) < 4.78 is 11.3. The van der Waals surface area contributed by atoms with Crippen LogP contribution in [0.4, 0.5) is 4.79 Å². The molecule has 1 spiro atoms. The van der Waals surface area contributed by atoms with Gasteiger partial charge in [-0.05, 0) is 45.1 Å². The third-order valence-corrected chi connectivity index (χ3v) is 10.7. The number of benzene rings is 2. The number of aromatic nitrogens is 4. The number of hydrogen-bond donors (Lipinski definition) is 3. The van der Waals surface area contributed by atoms with Gasteiger partial charge in [0.25, 0.3) is 5.91 Å². The Kier molecular flexibility index (Phi) is 10.3. The minimum Gasteiger partial charge on any atom is -0.480 e. The molecule has 0 radical (unpaired) electrons. The van der Waals surface area contributed by atoms with Crippen LogP contribution in [0, 0.1) is 0 Å². The summed E-state index contributed by atoms with van der Waals surface area (Å²) in [5.74, 6) is 0.572. The summed E-state index contributed by atoms with van der Waals surface area (Å²) in [5, 5.41) is 9.06. The molecule has 270 valence electrons. The first-order chi connectivity index (χ1) is 25.2. The summed E-state index contributed by atoms with van der Waals surface area (Å²) in [6, 6.07) is 11.0. The molecule has 3 aliphatic rings. The first-order valence-electron chi connectivity index (χ1n) is 17.2. The van der Waals surface area contributed by atoms with Crippen LogP contribution in [0.3, 0.4) is 0 Å². The number of halogens is 2. The maximum atomic E-state index is 12.6. The Morgan fingerprint density at radius 2 is 1.50 bits per heavy atom. The van der Waals surface area contributed by atoms with Crippen molar-refractivity contribution in [3.05, 3.63) is 70.2 Å². The Morgan fingerprint density at radius 3 is 2.08 bits per heavy atom. The highest BCUT2D eigenvalue weighted by Gasteiger charge is 2.48. The van der Waals surface area contributed by atoms with Gasteiger partial charge in [-0.2, -0.15) is 0 Å². The Hall–Kier alpha value is -4.85. The maximum absolute atomic E-state index is 12.6. The van der Waals surface area contributed by atoms with Gasteiger partial charge in [-0.25, -0.2) is 14.8 Å². The van der Waals surface area contributed by atoms with Crippen LogP contribution < -0.4 is 25.4 Å². The van der Waals surface area contributed by atoms with Gasteiger partial charge in [-0.15, -0.1) is 0 Å². The number of amides is 4. The van der Waals surface area contributed by atoms with Gasteiger partial charge >= 0.3 is 6.03 Å². The third-order valence-electron chi connectivity index (χ3n) is 9.86. The monoisotopic (exact) mass is 744 g/mol. The molecule has 0 saturated carbocycles. The summed E-state index contributed by atoms with van der Waals surface area (Å²) in [4.78, 5) is 56.9. The Bertz CT molecular complexity index is 2050. The van der Waals surface area contributed by atoms with Crippen LogP contribution in [0.15, 0.2) is 48.8 Å². The lowest BCUT2D eigenvalue weighted by Gasteiger charge is -2.37. The molecule has 2 atom stereocenters. The fourth-order valence-corrected chi connectivity index (χ4v) is 7.90. The van der Waals surface area contributed by atoms with Gasteiger partial charge < -0.3 is 20.1 Å². The van der Waals surface area contributed by atoms with Crippen molar-refractivity contribution < 1.29 is 23.9 Å². The van der Waals surface area contributed by atoms with E-state index in [0.29, 0.717) is 93.5 Å². The van der Waals surface area contributed by atoms with Gasteiger partial charge in [0.2, 0.25) is 17.7 Å². The number of aryl methyl sites for hydroxylation is 1. The van der Waals surface area contributed by atoms with Crippen LogP contribution in [0.5, 0.6) is 11.8 Å². The Morgan fingerprint density at radius 1 is 0.885 bits per heavy atom. The predicted molar refractivity (Wildman–Crippen MR) is 195 cm³/mol. The highest BCUT2D eigenvalue weighted by atomic mass is 35.5. The van der Waals surface area contributed by atoms with Crippen molar-refractivity contribution in [1.82, 2.24) is 40.8 Å². The van der Waals surface area contributed by atoms with Crippen LogP contribution in [-0.4, -0.2) is 81.6 Å². The lowest BCUT2D eigenvalue weighted by atomic mass is 9.89. The smallest absolute Gasteiger partial charge is 0.322 e. The van der Waals surface area contributed by atoms with E-state index in [4.69, 9.17) is 47.6 Å². The van der Waals surface area contributed by atoms with Gasteiger partial charge in [0, 0.05) is 47.8 Å². The highest BCUT2D eigenvalue weighted by molar-refractivity contribution is 6.39. The molecule has 5 heterocycles. The van der Waals surface area contributed by atoms with E-state index in [0.717, 1.165) is 37.9 Å². The lowest BCUT2D eigenvalue weighted by molar-refractivity contribution is -0.126. The van der Waals surface area contributed by atoms with E-state index in [2.05, 4.69) is 25.8 Å². The van der Waals surface area contributed by atoms with Crippen molar-refractivity contribution >= 4 is 41.0 Å². The largest absolute Gasteiger partial charge is 0.480 e. The molecule has 4 aromatic rings. The second-order valence-electron chi connectivity index (χ2n) is 13.3. The Balaban J connectivity index is 1.11. The molecular weight excluding hydrogens is 707 g/mol. The van der Waals surface area contributed by atoms with Gasteiger partial charge in [-0.3, -0.25) is 29.8 Å². The number of piperidine rings is 1. The topological polar surface area (TPSA) is 161 Å². The fourth-order valence-electron chi connectivity index (χ4n) is 7.25. The first-order valence-corrected chi connectivity index (χ1v) is 18.0. The molecule has 4 amide bonds. The number of urea groups is 1. The molecule has 1 unspecified atom stereocenters. The number of rotatable bonds is 11. The second kappa shape index (κ2) is 15.0. The van der Waals surface area contributed by atoms with Crippen LogP contribution in [0.2, 0.25) is 10.0 Å². The van der Waals surface area contributed by atoms with Gasteiger partial charge in [-0.1, -0.05) is 59.6 Å². The number of ether oxygens (including phenoxy) is 2. The highest BCUT2D eigenvalue weighted by Crippen LogP contribution is 2.42. The lowest BCUT2D eigenvalue weighted by Crippen LogP contribution is -2.58. The van der Waals surface area contributed by atoms with E-state index in [-0.39, 0.29) is 17.9 Å². The maximum Gasteiger partial charge on any atom is 0.322 e. The quantitative estimate of drug-likeness (QED) is 0.171. The molecule has 7 rings (SSSR count). The number of nitrogens with zero attached hydrogens (tertiary/aromatic N) is 5. The normalized spacial score (nSPS) is 20.2. The number of carbonyl (C=O) groups excluding carboxylic acids is 3. The van der Waals surface area contributed by atoms with Crippen molar-refractivity contribution in [2.24, 2.45) is 0 Å². The fraction of sp³-hybridized carbons (Fsp3) is 0.378. The molecule has 3 aliphatic heterocycles. The van der Waals surface area contributed by atoms with Crippen molar-refractivity contribution in [1.29, 1.82) is 0 Å². The van der Waals surface area contributed by atoms with Crippen molar-refractivity contribution in [2.45, 2.75) is 63.1 Å². The molecule has 3 fully saturated rings. The summed E-state index contributed by atoms with van der Waals surface area (Å²) in [5.41, 5.74) is 4.19. The average molecular weight is 746 g/mol. The number of nitrogens with one attached hydrogen (secondary N) is 3. The van der Waals surface area contributed by atoms with Crippen molar-refractivity contribution in [3.63, 3.8) is 0 Å². The molecule has 3 saturated heterocycles. The minimum absolute atomic E-state index is 0.112. The van der Waals surface area contributed by atoms with E-state index in [1.807, 2.05) is 36.4 Å². The van der Waals surface area contributed by atoms with Gasteiger partial charge in [0.05, 0.1) is 48.0 Å². The van der Waals surface area contributed by atoms with Crippen molar-refractivity contribution in [3.8, 4) is 45.4 Å². The number of hydrogen-bond acceptors (Lipinski definition) is 10. The summed E-state index contributed by atoms with van der Waals surface area (Å²) >= 11 is 14.2. The van der Waals surface area contributed by atoms with Crippen LogP contribution in [0.25, 0.3) is 33.6 Å². The van der Waals surface area contributed by atoms with E-state index < -0.39 is 11.6 Å². The molecule has 0 bridgehead atoms. The Labute approximate surface area is 310 Å². The molecule has 2 aromatic carbocycles. The van der Waals surface area contributed by atoms with E-state index in [9.17, 15) is 14.4 Å². The molecule has 52 heavy (non-hydrogen) atoms. The summed E-state index contributed by atoms with van der Waals surface area (Å²) in [6.07, 6.45) is 8.50. The molecule has 15 heteroatoms. The zero-order valence-electron chi connectivity index (χ0n) is 28.8. The third kappa shape index (κ3) is 7.12. The molecular formula is C37H38Cl2N8O5. The van der Waals surface area contributed by atoms with E-state index >= 15 is 0 Å². The van der Waals surface area contributed by atoms with E-state index in [1.54, 1.807) is 19.5 Å². The molecule has 0 aliphatic carbocycles. The number of carbonyl (C=O) groups is 3. The van der Waals surface area contributed by atoms with E-state index in [1.165, 1.54) is 7.11 Å². The second-order valence-corrected chi connectivity index (χ2v) is 14.0. The number of likely N-dealkylation sites (tertiary alicyclic amines) is 1. The van der Waals surface area contributed by atoms with Gasteiger partial charge in [0.15, 0.2) is 0 Å². The zero-order chi connectivity index (χ0) is 36.4. The average Bonchev–Trinajstić information content (AvgIpc) is 3.68. The summed E-state index contributed by atoms with van der Waals surface area (Å²) in [6.45, 7) is 1.47. The van der Waals surface area contributed by atoms with Gasteiger partial charge in [0.1, 0.15) is 16.9 Å². The summed E-state index contributed by atoms with van der Waals surface area (Å²) in [7, 11) is 3.10. The van der Waals surface area contributed by atoms with Crippen LogP contribution in [0.1, 0.15) is 49.9 Å². The zero-order valence-corrected chi connectivity index (χ0v) is 30.3. The SMILES string of the molecule is COc1nc(-c2cccc(-c3cccc(-c4cnc(CN5CCCC6(C5)NC(=O)NC6=O)c(OC)n4)c3Cl)c2Cl)cnc1CCC[C@@H]1CCC(=O)N1. The predicted octanol–water partition coefficient (Wildman–Crippen LogP) is 5.37.